The number of benzene rings is 2. The Morgan fingerprint density at radius 2 is 1.86 bits per heavy atom. The molecule has 0 saturated carbocycles. The van der Waals surface area contributed by atoms with E-state index in [0.29, 0.717) is 0 Å². The Balaban J connectivity index is 1.62. The normalized spacial score (nSPS) is 17.2. The summed E-state index contributed by atoms with van der Waals surface area (Å²) in [4.78, 5) is 5.47. The van der Waals surface area contributed by atoms with Gasteiger partial charge in [-0.2, -0.15) is 0 Å². The van der Waals surface area contributed by atoms with Gasteiger partial charge in [0.2, 0.25) is 0 Å². The second-order valence-electron chi connectivity index (χ2n) is 5.03. The monoisotopic (exact) mass is 285 g/mol. The molecule has 0 spiro atoms. The number of rotatable bonds is 4. The van der Waals surface area contributed by atoms with Gasteiger partial charge in [0.15, 0.2) is 0 Å². The predicted octanol–water partition coefficient (Wildman–Crippen LogP) is 3.57. The molecule has 4 heteroatoms. The van der Waals surface area contributed by atoms with Crippen LogP contribution in [0.5, 0.6) is 5.75 Å². The van der Waals surface area contributed by atoms with Gasteiger partial charge in [-0.1, -0.05) is 17.3 Å². The molecule has 0 unspecified atom stereocenters. The first-order valence-corrected chi connectivity index (χ1v) is 6.86. The van der Waals surface area contributed by atoms with E-state index < -0.39 is 0 Å². The van der Waals surface area contributed by atoms with Crippen molar-refractivity contribution in [1.82, 2.24) is 0 Å². The van der Waals surface area contributed by atoms with Gasteiger partial charge < -0.3 is 9.57 Å². The second-order valence-corrected chi connectivity index (χ2v) is 5.03. The van der Waals surface area contributed by atoms with Crippen LogP contribution in [0.4, 0.5) is 4.39 Å². The van der Waals surface area contributed by atoms with Crippen LogP contribution in [-0.4, -0.2) is 18.9 Å². The Hall–Kier alpha value is -2.36. The molecule has 1 atom stereocenters. The molecule has 1 aliphatic rings. The van der Waals surface area contributed by atoms with Gasteiger partial charge in [-0.05, 0) is 47.5 Å². The van der Waals surface area contributed by atoms with Crippen LogP contribution >= 0.6 is 0 Å². The third kappa shape index (κ3) is 3.21. The summed E-state index contributed by atoms with van der Waals surface area (Å²) in [5.74, 6) is 0.599. The average Bonchev–Trinajstić information content (AvgIpc) is 2.98. The molecule has 3 nitrogen and oxygen atoms in total. The molecule has 0 aliphatic carbocycles. The summed E-state index contributed by atoms with van der Waals surface area (Å²) in [6.07, 6.45) is 1.49. The molecule has 1 aliphatic heterocycles. The van der Waals surface area contributed by atoms with E-state index in [2.05, 4.69) is 5.16 Å². The molecule has 0 aromatic heterocycles. The summed E-state index contributed by atoms with van der Waals surface area (Å²) in [6.45, 7) is 0. The molecule has 2 aromatic rings. The SMILES string of the molecule is COc1ccc(C2=NO[C@@H](Cc3ccc(F)cc3)C2)cc1. The number of hydrogen-bond donors (Lipinski definition) is 0. The standard InChI is InChI=1S/C17H16FNO2/c1-20-15-8-4-13(5-9-15)17-11-16(21-19-17)10-12-2-6-14(18)7-3-12/h2-9,16H,10-11H2,1H3/t16-/m0/s1. The van der Waals surface area contributed by atoms with Gasteiger partial charge in [-0.15, -0.1) is 0 Å². The lowest BCUT2D eigenvalue weighted by Crippen LogP contribution is -2.11. The smallest absolute Gasteiger partial charge is 0.137 e. The van der Waals surface area contributed by atoms with Crippen molar-refractivity contribution in [3.05, 3.63) is 65.5 Å². The number of nitrogens with zero attached hydrogens (tertiary/aromatic N) is 1. The van der Waals surface area contributed by atoms with E-state index in [4.69, 9.17) is 9.57 Å². The molecule has 0 saturated heterocycles. The maximum absolute atomic E-state index is 12.9. The topological polar surface area (TPSA) is 30.8 Å². The number of ether oxygens (including phenoxy) is 1. The van der Waals surface area contributed by atoms with Crippen LogP contribution in [0.3, 0.4) is 0 Å². The van der Waals surface area contributed by atoms with Crippen LogP contribution in [0.25, 0.3) is 0 Å². The molecule has 3 rings (SSSR count). The van der Waals surface area contributed by atoms with Crippen molar-refractivity contribution < 1.29 is 14.0 Å². The molecule has 21 heavy (non-hydrogen) atoms. The van der Waals surface area contributed by atoms with Crippen molar-refractivity contribution in [2.24, 2.45) is 5.16 Å². The Morgan fingerprint density at radius 3 is 2.52 bits per heavy atom. The molecular formula is C17H16FNO2. The molecule has 0 amide bonds. The zero-order valence-corrected chi connectivity index (χ0v) is 11.8. The first-order chi connectivity index (χ1) is 10.2. The maximum atomic E-state index is 12.9. The lowest BCUT2D eigenvalue weighted by molar-refractivity contribution is 0.0859. The minimum Gasteiger partial charge on any atom is -0.497 e. The van der Waals surface area contributed by atoms with E-state index in [-0.39, 0.29) is 11.9 Å². The molecular weight excluding hydrogens is 269 g/mol. The van der Waals surface area contributed by atoms with E-state index >= 15 is 0 Å². The summed E-state index contributed by atoms with van der Waals surface area (Å²) in [6, 6.07) is 14.3. The quantitative estimate of drug-likeness (QED) is 0.859. The van der Waals surface area contributed by atoms with E-state index in [1.165, 1.54) is 12.1 Å². The lowest BCUT2D eigenvalue weighted by Gasteiger charge is -2.08. The molecule has 0 N–H and O–H groups in total. The summed E-state index contributed by atoms with van der Waals surface area (Å²) < 4.78 is 18.0. The van der Waals surface area contributed by atoms with Crippen LogP contribution in [0, 0.1) is 5.82 Å². The third-order valence-electron chi connectivity index (χ3n) is 3.53. The molecule has 0 radical (unpaired) electrons. The minimum atomic E-state index is -0.221. The highest BCUT2D eigenvalue weighted by atomic mass is 19.1. The fourth-order valence-electron chi connectivity index (χ4n) is 2.38. The Bertz CT molecular complexity index is 635. The predicted molar refractivity (Wildman–Crippen MR) is 79.1 cm³/mol. The molecule has 0 fully saturated rings. The fraction of sp³-hybridized carbons (Fsp3) is 0.235. The molecule has 2 aromatic carbocycles. The van der Waals surface area contributed by atoms with Crippen molar-refractivity contribution in [2.75, 3.05) is 7.11 Å². The van der Waals surface area contributed by atoms with Gasteiger partial charge in [0.05, 0.1) is 12.8 Å². The second kappa shape index (κ2) is 5.95. The average molecular weight is 285 g/mol. The van der Waals surface area contributed by atoms with Crippen LogP contribution in [0.2, 0.25) is 0 Å². The summed E-state index contributed by atoms with van der Waals surface area (Å²) >= 11 is 0. The molecule has 108 valence electrons. The number of oxime groups is 1. The fourth-order valence-corrected chi connectivity index (χ4v) is 2.38. The Kier molecular flexibility index (Phi) is 3.86. The highest BCUT2D eigenvalue weighted by Crippen LogP contribution is 2.21. The van der Waals surface area contributed by atoms with Crippen LogP contribution in [-0.2, 0) is 11.3 Å². The highest BCUT2D eigenvalue weighted by molar-refractivity contribution is 6.01. The van der Waals surface area contributed by atoms with Gasteiger partial charge in [-0.3, -0.25) is 0 Å². The first kappa shape index (κ1) is 13.6. The van der Waals surface area contributed by atoms with E-state index in [1.54, 1.807) is 19.2 Å². The van der Waals surface area contributed by atoms with Crippen molar-refractivity contribution in [1.29, 1.82) is 0 Å². The van der Waals surface area contributed by atoms with Crippen molar-refractivity contribution in [3.63, 3.8) is 0 Å². The van der Waals surface area contributed by atoms with Crippen LogP contribution in [0.15, 0.2) is 53.7 Å². The number of hydrogen-bond acceptors (Lipinski definition) is 3. The zero-order chi connectivity index (χ0) is 14.7. The third-order valence-corrected chi connectivity index (χ3v) is 3.53. The zero-order valence-electron chi connectivity index (χ0n) is 11.8. The Labute approximate surface area is 123 Å². The summed E-state index contributed by atoms with van der Waals surface area (Å²) in [5.41, 5.74) is 3.02. The molecule has 1 heterocycles. The van der Waals surface area contributed by atoms with Crippen LogP contribution in [0.1, 0.15) is 17.5 Å². The van der Waals surface area contributed by atoms with Crippen molar-refractivity contribution in [2.45, 2.75) is 18.9 Å². The number of halogens is 1. The first-order valence-electron chi connectivity index (χ1n) is 6.86. The van der Waals surface area contributed by atoms with Crippen LogP contribution < -0.4 is 4.74 Å². The van der Waals surface area contributed by atoms with Gasteiger partial charge in [0.1, 0.15) is 17.7 Å². The lowest BCUT2D eigenvalue weighted by atomic mass is 10.0. The minimum absolute atomic E-state index is 0.00700. The van der Waals surface area contributed by atoms with Gasteiger partial charge in [0, 0.05) is 12.8 Å². The Morgan fingerprint density at radius 1 is 1.14 bits per heavy atom. The largest absolute Gasteiger partial charge is 0.497 e. The van der Waals surface area contributed by atoms with Crippen molar-refractivity contribution in [3.8, 4) is 5.75 Å². The van der Waals surface area contributed by atoms with E-state index in [0.717, 1.165) is 35.4 Å². The van der Waals surface area contributed by atoms with Gasteiger partial charge in [-0.25, -0.2) is 4.39 Å². The highest BCUT2D eigenvalue weighted by Gasteiger charge is 2.22. The van der Waals surface area contributed by atoms with E-state index in [9.17, 15) is 4.39 Å². The van der Waals surface area contributed by atoms with E-state index in [1.807, 2.05) is 24.3 Å². The van der Waals surface area contributed by atoms with Gasteiger partial charge in [0.25, 0.3) is 0 Å². The van der Waals surface area contributed by atoms with Gasteiger partial charge >= 0.3 is 0 Å². The van der Waals surface area contributed by atoms with Crippen molar-refractivity contribution >= 4 is 5.71 Å². The summed E-state index contributed by atoms with van der Waals surface area (Å²) in [7, 11) is 1.64. The number of methoxy groups -OCH3 is 1. The maximum Gasteiger partial charge on any atom is 0.137 e. The summed E-state index contributed by atoms with van der Waals surface area (Å²) in [5, 5.41) is 4.16. The molecule has 0 bridgehead atoms.